The summed E-state index contributed by atoms with van der Waals surface area (Å²) in [6.07, 6.45) is 4.58. The van der Waals surface area contributed by atoms with Crippen LogP contribution in [0.4, 0.5) is 13.9 Å². The quantitative estimate of drug-likeness (QED) is 0.817. The van der Waals surface area contributed by atoms with Gasteiger partial charge < -0.3 is 10.6 Å². The number of carbonyl (C=O) groups excluding carboxylic acids is 1. The summed E-state index contributed by atoms with van der Waals surface area (Å²) in [6, 6.07) is 3.83. The lowest BCUT2D eigenvalue weighted by atomic mass is 10.1. The number of amides is 1. The molecule has 23 heavy (non-hydrogen) atoms. The molecule has 1 heterocycles. The van der Waals surface area contributed by atoms with Crippen LogP contribution >= 0.6 is 11.3 Å². The molecule has 0 atom stereocenters. The summed E-state index contributed by atoms with van der Waals surface area (Å²) in [6.45, 7) is 1.15. The molecule has 1 saturated carbocycles. The van der Waals surface area contributed by atoms with Crippen molar-refractivity contribution in [2.45, 2.75) is 19.3 Å². The van der Waals surface area contributed by atoms with Gasteiger partial charge in [-0.1, -0.05) is 6.07 Å². The Labute approximate surface area is 136 Å². The van der Waals surface area contributed by atoms with Crippen LogP contribution in [0.3, 0.4) is 0 Å². The van der Waals surface area contributed by atoms with Crippen molar-refractivity contribution >= 4 is 22.4 Å². The van der Waals surface area contributed by atoms with Crippen molar-refractivity contribution in [1.82, 2.24) is 10.3 Å². The summed E-state index contributed by atoms with van der Waals surface area (Å²) in [5.74, 6) is -1.11. The first-order chi connectivity index (χ1) is 11.1. The zero-order chi connectivity index (χ0) is 16.2. The van der Waals surface area contributed by atoms with Gasteiger partial charge in [0, 0.05) is 17.5 Å². The lowest BCUT2D eigenvalue weighted by molar-refractivity contribution is -0.115. The maximum atomic E-state index is 13.2. The van der Waals surface area contributed by atoms with Crippen LogP contribution in [0.1, 0.15) is 23.3 Å². The largest absolute Gasteiger partial charge is 0.308 e. The number of thiazole rings is 1. The van der Waals surface area contributed by atoms with Gasteiger partial charge in [-0.25, -0.2) is 13.8 Å². The SMILES string of the molecule is O=C(CNCC1CC1)Nc1ncc(Cc2ccc(F)c(F)c2)s1. The van der Waals surface area contributed by atoms with Crippen molar-refractivity contribution < 1.29 is 13.6 Å². The van der Waals surface area contributed by atoms with Gasteiger partial charge in [0.25, 0.3) is 0 Å². The Morgan fingerprint density at radius 3 is 2.87 bits per heavy atom. The number of halogens is 2. The van der Waals surface area contributed by atoms with Crippen molar-refractivity contribution in [3.63, 3.8) is 0 Å². The molecular weight excluding hydrogens is 320 g/mol. The summed E-state index contributed by atoms with van der Waals surface area (Å²) in [7, 11) is 0. The molecular formula is C16H17F2N3OS. The summed E-state index contributed by atoms with van der Waals surface area (Å²) in [5.41, 5.74) is 0.663. The molecule has 0 radical (unpaired) electrons. The summed E-state index contributed by atoms with van der Waals surface area (Å²) in [5, 5.41) is 6.36. The number of anilines is 1. The minimum Gasteiger partial charge on any atom is -0.308 e. The topological polar surface area (TPSA) is 54.0 Å². The minimum atomic E-state index is -0.859. The second-order valence-corrected chi connectivity index (χ2v) is 6.79. The average molecular weight is 337 g/mol. The van der Waals surface area contributed by atoms with E-state index < -0.39 is 11.6 Å². The van der Waals surface area contributed by atoms with E-state index in [1.807, 2.05) is 0 Å². The van der Waals surface area contributed by atoms with Crippen molar-refractivity contribution in [2.24, 2.45) is 5.92 Å². The molecule has 0 bridgehead atoms. The standard InChI is InChI=1S/C16H17F2N3OS/c17-13-4-3-11(6-14(13)18)5-12-8-20-16(23-12)21-15(22)9-19-7-10-1-2-10/h3-4,6,8,10,19H,1-2,5,7,9H2,(H,20,21,22). The molecule has 7 heteroatoms. The highest BCUT2D eigenvalue weighted by Crippen LogP contribution is 2.27. The first-order valence-corrected chi connectivity index (χ1v) is 8.31. The van der Waals surface area contributed by atoms with E-state index in [0.717, 1.165) is 23.4 Å². The zero-order valence-corrected chi connectivity index (χ0v) is 13.3. The first-order valence-electron chi connectivity index (χ1n) is 7.49. The van der Waals surface area contributed by atoms with Crippen molar-refractivity contribution in [3.05, 3.63) is 46.5 Å². The number of nitrogens with one attached hydrogen (secondary N) is 2. The molecule has 1 fully saturated rings. The van der Waals surface area contributed by atoms with Crippen molar-refractivity contribution in [2.75, 3.05) is 18.4 Å². The fourth-order valence-corrected chi connectivity index (χ4v) is 3.04. The monoisotopic (exact) mass is 337 g/mol. The van der Waals surface area contributed by atoms with E-state index in [2.05, 4.69) is 15.6 Å². The molecule has 1 amide bonds. The van der Waals surface area contributed by atoms with Gasteiger partial charge in [-0.05, 0) is 43.0 Å². The number of rotatable bonds is 7. The van der Waals surface area contributed by atoms with Gasteiger partial charge in [0.15, 0.2) is 16.8 Å². The van der Waals surface area contributed by atoms with Crippen LogP contribution < -0.4 is 10.6 Å². The molecule has 122 valence electrons. The fraction of sp³-hybridized carbons (Fsp3) is 0.375. The molecule has 0 aliphatic heterocycles. The van der Waals surface area contributed by atoms with E-state index in [1.54, 1.807) is 6.20 Å². The molecule has 0 unspecified atom stereocenters. The predicted molar refractivity (Wildman–Crippen MR) is 85.5 cm³/mol. The highest BCUT2D eigenvalue weighted by Gasteiger charge is 2.20. The van der Waals surface area contributed by atoms with Gasteiger partial charge in [-0.3, -0.25) is 4.79 Å². The Morgan fingerprint density at radius 2 is 2.13 bits per heavy atom. The Morgan fingerprint density at radius 1 is 1.30 bits per heavy atom. The fourth-order valence-electron chi connectivity index (χ4n) is 2.17. The highest BCUT2D eigenvalue weighted by molar-refractivity contribution is 7.15. The van der Waals surface area contributed by atoms with E-state index in [-0.39, 0.29) is 12.5 Å². The Kier molecular flexibility index (Phi) is 4.97. The number of hydrogen-bond donors (Lipinski definition) is 2. The van der Waals surface area contributed by atoms with Crippen molar-refractivity contribution in [3.8, 4) is 0 Å². The molecule has 2 aromatic rings. The maximum Gasteiger partial charge on any atom is 0.240 e. The van der Waals surface area contributed by atoms with Crippen LogP contribution in [0.2, 0.25) is 0 Å². The second-order valence-electron chi connectivity index (χ2n) is 5.68. The van der Waals surface area contributed by atoms with Gasteiger partial charge in [-0.2, -0.15) is 0 Å². The molecule has 0 saturated heterocycles. The highest BCUT2D eigenvalue weighted by atomic mass is 32.1. The number of hydrogen-bond acceptors (Lipinski definition) is 4. The lowest BCUT2D eigenvalue weighted by Crippen LogP contribution is -2.29. The van der Waals surface area contributed by atoms with E-state index in [0.29, 0.717) is 17.1 Å². The number of nitrogens with zero attached hydrogens (tertiary/aromatic N) is 1. The van der Waals surface area contributed by atoms with Crippen LogP contribution in [0, 0.1) is 17.6 Å². The van der Waals surface area contributed by atoms with Crippen LogP contribution in [0.25, 0.3) is 0 Å². The van der Waals surface area contributed by atoms with Gasteiger partial charge in [0.2, 0.25) is 5.91 Å². The molecule has 4 nitrogen and oxygen atoms in total. The third-order valence-electron chi connectivity index (χ3n) is 3.58. The molecule has 0 spiro atoms. The van der Waals surface area contributed by atoms with Gasteiger partial charge >= 0.3 is 0 Å². The Balaban J connectivity index is 1.50. The molecule has 3 rings (SSSR count). The van der Waals surface area contributed by atoms with E-state index in [9.17, 15) is 13.6 Å². The maximum absolute atomic E-state index is 13.2. The number of benzene rings is 1. The third-order valence-corrected chi connectivity index (χ3v) is 4.49. The second kappa shape index (κ2) is 7.14. The van der Waals surface area contributed by atoms with Crippen LogP contribution in [0.5, 0.6) is 0 Å². The van der Waals surface area contributed by atoms with E-state index in [4.69, 9.17) is 0 Å². The predicted octanol–water partition coefficient (Wildman–Crippen LogP) is 2.95. The normalized spacial score (nSPS) is 14.0. The van der Waals surface area contributed by atoms with Crippen LogP contribution in [0.15, 0.2) is 24.4 Å². The molecule has 1 aliphatic rings. The minimum absolute atomic E-state index is 0.126. The van der Waals surface area contributed by atoms with Crippen LogP contribution in [-0.4, -0.2) is 24.0 Å². The Hall–Kier alpha value is -1.86. The van der Waals surface area contributed by atoms with Crippen LogP contribution in [-0.2, 0) is 11.2 Å². The van der Waals surface area contributed by atoms with Crippen molar-refractivity contribution in [1.29, 1.82) is 0 Å². The van der Waals surface area contributed by atoms with E-state index >= 15 is 0 Å². The summed E-state index contributed by atoms with van der Waals surface area (Å²) < 4.78 is 26.1. The molecule has 1 aliphatic carbocycles. The summed E-state index contributed by atoms with van der Waals surface area (Å²) >= 11 is 1.33. The van der Waals surface area contributed by atoms with Gasteiger partial charge in [-0.15, -0.1) is 11.3 Å². The van der Waals surface area contributed by atoms with Gasteiger partial charge in [0.05, 0.1) is 6.54 Å². The number of carbonyl (C=O) groups is 1. The molecule has 2 N–H and O–H groups in total. The lowest BCUT2D eigenvalue weighted by Gasteiger charge is -2.03. The molecule has 1 aromatic heterocycles. The summed E-state index contributed by atoms with van der Waals surface area (Å²) in [4.78, 5) is 16.8. The Bertz CT molecular complexity index is 700. The third kappa shape index (κ3) is 4.80. The smallest absolute Gasteiger partial charge is 0.240 e. The zero-order valence-electron chi connectivity index (χ0n) is 12.4. The average Bonchev–Trinajstić information content (AvgIpc) is 3.23. The number of aromatic nitrogens is 1. The molecule has 1 aromatic carbocycles. The first kappa shape index (κ1) is 16.0. The van der Waals surface area contributed by atoms with Gasteiger partial charge in [0.1, 0.15) is 0 Å². The van der Waals surface area contributed by atoms with E-state index in [1.165, 1.54) is 36.3 Å².